The lowest BCUT2D eigenvalue weighted by molar-refractivity contribution is -0.127. The van der Waals surface area contributed by atoms with Gasteiger partial charge < -0.3 is 10.2 Å². The van der Waals surface area contributed by atoms with Gasteiger partial charge in [-0.25, -0.2) is 4.98 Å². The number of para-hydroxylation sites is 1. The van der Waals surface area contributed by atoms with Gasteiger partial charge in [0.2, 0.25) is 5.91 Å². The van der Waals surface area contributed by atoms with Crippen LogP contribution in [0.4, 0.5) is 5.13 Å². The highest BCUT2D eigenvalue weighted by Gasteiger charge is 2.18. The third kappa shape index (κ3) is 2.87. The van der Waals surface area contributed by atoms with E-state index in [2.05, 4.69) is 16.4 Å². The molecule has 1 saturated heterocycles. The number of hydrogen-bond acceptors (Lipinski definition) is 4. The van der Waals surface area contributed by atoms with Gasteiger partial charge in [0.05, 0.1) is 10.2 Å². The molecule has 1 aromatic heterocycles. The van der Waals surface area contributed by atoms with Crippen LogP contribution in [-0.4, -0.2) is 35.4 Å². The second kappa shape index (κ2) is 5.57. The smallest absolute Gasteiger partial charge is 0.222 e. The van der Waals surface area contributed by atoms with Gasteiger partial charge in [-0.2, -0.15) is 0 Å². The van der Waals surface area contributed by atoms with Crippen molar-refractivity contribution in [1.29, 1.82) is 0 Å². The molecule has 3 rings (SSSR count). The molecule has 4 nitrogen and oxygen atoms in total. The molecule has 2 heterocycles. The zero-order chi connectivity index (χ0) is 13.1. The molecule has 100 valence electrons. The van der Waals surface area contributed by atoms with Crippen molar-refractivity contribution < 1.29 is 4.79 Å². The number of benzene rings is 1. The van der Waals surface area contributed by atoms with Crippen LogP contribution in [0, 0.1) is 0 Å². The molecular formula is C14H17N3OS. The van der Waals surface area contributed by atoms with E-state index < -0.39 is 0 Å². The molecule has 1 aliphatic rings. The number of likely N-dealkylation sites (tertiary alicyclic amines) is 1. The van der Waals surface area contributed by atoms with E-state index in [1.54, 1.807) is 11.3 Å². The third-order valence-electron chi connectivity index (χ3n) is 3.35. The van der Waals surface area contributed by atoms with E-state index in [1.807, 2.05) is 23.1 Å². The minimum atomic E-state index is 0.306. The van der Waals surface area contributed by atoms with E-state index in [0.29, 0.717) is 5.91 Å². The maximum absolute atomic E-state index is 11.5. The summed E-state index contributed by atoms with van der Waals surface area (Å²) in [6.45, 7) is 2.65. The molecule has 0 saturated carbocycles. The van der Waals surface area contributed by atoms with Gasteiger partial charge in [0.15, 0.2) is 5.13 Å². The van der Waals surface area contributed by atoms with Crippen LogP contribution in [0.15, 0.2) is 24.3 Å². The largest absolute Gasteiger partial charge is 0.361 e. The third-order valence-corrected chi connectivity index (χ3v) is 4.34. The Morgan fingerprint density at radius 2 is 2.26 bits per heavy atom. The molecule has 1 aliphatic heterocycles. The van der Waals surface area contributed by atoms with Gasteiger partial charge in [-0.1, -0.05) is 23.5 Å². The van der Waals surface area contributed by atoms with Crippen molar-refractivity contribution in [2.45, 2.75) is 19.3 Å². The summed E-state index contributed by atoms with van der Waals surface area (Å²) in [6.07, 6.45) is 2.72. The lowest BCUT2D eigenvalue weighted by atomic mass is 10.3. The molecule has 1 N–H and O–H groups in total. The van der Waals surface area contributed by atoms with Crippen molar-refractivity contribution in [3.05, 3.63) is 24.3 Å². The predicted octanol–water partition coefficient (Wildman–Crippen LogP) is 2.72. The minimum Gasteiger partial charge on any atom is -0.361 e. The first kappa shape index (κ1) is 12.4. The number of anilines is 1. The van der Waals surface area contributed by atoms with Crippen molar-refractivity contribution in [3.63, 3.8) is 0 Å². The Morgan fingerprint density at radius 3 is 3.05 bits per heavy atom. The SMILES string of the molecule is O=C1CCCN1CCCNc1nc2ccccc2s1. The molecule has 0 spiro atoms. The van der Waals surface area contributed by atoms with E-state index in [-0.39, 0.29) is 0 Å². The van der Waals surface area contributed by atoms with Crippen LogP contribution in [0.25, 0.3) is 10.2 Å². The predicted molar refractivity (Wildman–Crippen MR) is 78.5 cm³/mol. The number of carbonyl (C=O) groups is 1. The summed E-state index contributed by atoms with van der Waals surface area (Å²) in [5, 5.41) is 4.31. The van der Waals surface area contributed by atoms with Gasteiger partial charge in [-0.05, 0) is 25.0 Å². The molecule has 0 atom stereocenters. The summed E-state index contributed by atoms with van der Waals surface area (Å²) in [4.78, 5) is 17.9. The number of rotatable bonds is 5. The Bertz CT molecular complexity index is 548. The summed E-state index contributed by atoms with van der Waals surface area (Å²) in [7, 11) is 0. The molecule has 1 aromatic carbocycles. The standard InChI is InChI=1S/C14H17N3OS/c18-13-7-3-9-17(13)10-4-8-15-14-16-11-5-1-2-6-12(11)19-14/h1-2,5-6H,3-4,7-10H2,(H,15,16). The molecule has 0 unspecified atom stereocenters. The van der Waals surface area contributed by atoms with Crippen molar-refractivity contribution in [2.75, 3.05) is 25.0 Å². The van der Waals surface area contributed by atoms with Gasteiger partial charge >= 0.3 is 0 Å². The molecule has 0 bridgehead atoms. The monoisotopic (exact) mass is 275 g/mol. The molecular weight excluding hydrogens is 258 g/mol. The van der Waals surface area contributed by atoms with Crippen LogP contribution in [0.5, 0.6) is 0 Å². The highest BCUT2D eigenvalue weighted by Crippen LogP contribution is 2.25. The number of nitrogens with one attached hydrogen (secondary N) is 1. The molecule has 1 amide bonds. The minimum absolute atomic E-state index is 0.306. The van der Waals surface area contributed by atoms with Gasteiger partial charge in [0.25, 0.3) is 0 Å². The fourth-order valence-electron chi connectivity index (χ4n) is 2.35. The summed E-state index contributed by atoms with van der Waals surface area (Å²) in [6, 6.07) is 8.15. The van der Waals surface area contributed by atoms with E-state index in [0.717, 1.165) is 49.5 Å². The van der Waals surface area contributed by atoms with Crippen LogP contribution in [0.3, 0.4) is 0 Å². The van der Waals surface area contributed by atoms with Crippen LogP contribution < -0.4 is 5.32 Å². The summed E-state index contributed by atoms with van der Waals surface area (Å²) in [5.41, 5.74) is 1.05. The first-order chi connectivity index (χ1) is 9.33. The summed E-state index contributed by atoms with van der Waals surface area (Å²) >= 11 is 1.68. The Kier molecular flexibility index (Phi) is 3.64. The van der Waals surface area contributed by atoms with Crippen molar-refractivity contribution >= 4 is 32.6 Å². The fraction of sp³-hybridized carbons (Fsp3) is 0.429. The normalized spacial score (nSPS) is 15.4. The number of aromatic nitrogens is 1. The lowest BCUT2D eigenvalue weighted by Gasteiger charge is -2.14. The zero-order valence-corrected chi connectivity index (χ0v) is 11.6. The number of nitrogens with zero attached hydrogens (tertiary/aromatic N) is 2. The molecule has 19 heavy (non-hydrogen) atoms. The molecule has 2 aromatic rings. The molecule has 0 aliphatic carbocycles. The number of fused-ring (bicyclic) bond motifs is 1. The average molecular weight is 275 g/mol. The van der Waals surface area contributed by atoms with Crippen LogP contribution in [0.1, 0.15) is 19.3 Å². The molecule has 5 heteroatoms. The van der Waals surface area contributed by atoms with Crippen LogP contribution >= 0.6 is 11.3 Å². The van der Waals surface area contributed by atoms with E-state index in [9.17, 15) is 4.79 Å². The lowest BCUT2D eigenvalue weighted by Crippen LogP contribution is -2.26. The van der Waals surface area contributed by atoms with Crippen molar-refractivity contribution in [3.8, 4) is 0 Å². The number of amides is 1. The number of thiazole rings is 1. The second-order valence-electron chi connectivity index (χ2n) is 4.75. The summed E-state index contributed by atoms with van der Waals surface area (Å²) < 4.78 is 1.21. The van der Waals surface area contributed by atoms with Gasteiger partial charge in [-0.3, -0.25) is 4.79 Å². The first-order valence-electron chi connectivity index (χ1n) is 6.70. The number of carbonyl (C=O) groups excluding carboxylic acids is 1. The van der Waals surface area contributed by atoms with Crippen LogP contribution in [-0.2, 0) is 4.79 Å². The van der Waals surface area contributed by atoms with Crippen molar-refractivity contribution in [2.24, 2.45) is 0 Å². The van der Waals surface area contributed by atoms with E-state index in [4.69, 9.17) is 0 Å². The number of hydrogen-bond donors (Lipinski definition) is 1. The Morgan fingerprint density at radius 1 is 1.37 bits per heavy atom. The van der Waals surface area contributed by atoms with Gasteiger partial charge in [0, 0.05) is 26.1 Å². The van der Waals surface area contributed by atoms with Gasteiger partial charge in [0.1, 0.15) is 0 Å². The Balaban J connectivity index is 1.48. The molecule has 1 fully saturated rings. The van der Waals surface area contributed by atoms with Crippen LogP contribution in [0.2, 0.25) is 0 Å². The maximum atomic E-state index is 11.5. The highest BCUT2D eigenvalue weighted by molar-refractivity contribution is 7.22. The average Bonchev–Trinajstić information content (AvgIpc) is 3.00. The molecule has 0 radical (unpaired) electrons. The first-order valence-corrected chi connectivity index (χ1v) is 7.52. The fourth-order valence-corrected chi connectivity index (χ4v) is 3.24. The maximum Gasteiger partial charge on any atom is 0.222 e. The highest BCUT2D eigenvalue weighted by atomic mass is 32.1. The zero-order valence-electron chi connectivity index (χ0n) is 10.8. The van der Waals surface area contributed by atoms with Gasteiger partial charge in [-0.15, -0.1) is 0 Å². The van der Waals surface area contributed by atoms with E-state index >= 15 is 0 Å². The quantitative estimate of drug-likeness (QED) is 0.853. The topological polar surface area (TPSA) is 45.2 Å². The Labute approximate surface area is 116 Å². The van der Waals surface area contributed by atoms with Crippen molar-refractivity contribution in [1.82, 2.24) is 9.88 Å². The summed E-state index contributed by atoms with van der Waals surface area (Å²) in [5.74, 6) is 0.306. The Hall–Kier alpha value is -1.62. The van der Waals surface area contributed by atoms with E-state index in [1.165, 1.54) is 4.70 Å². The second-order valence-corrected chi connectivity index (χ2v) is 5.78.